The summed E-state index contributed by atoms with van der Waals surface area (Å²) < 4.78 is 0. The van der Waals surface area contributed by atoms with Crippen LogP contribution in [0.15, 0.2) is 34.6 Å². The van der Waals surface area contributed by atoms with Gasteiger partial charge in [0.15, 0.2) is 5.96 Å². The average molecular weight is 331 g/mol. The monoisotopic (exact) mass is 330 g/mol. The Kier molecular flexibility index (Phi) is 7.07. The molecule has 0 saturated carbocycles. The molecule has 4 nitrogen and oxygen atoms in total. The SMILES string of the molecule is CCNC(=NCc1ccc(C)cc1)NCCc1csc(CC)n1. The number of nitrogens with zero attached hydrogens (tertiary/aromatic N) is 2. The van der Waals surface area contributed by atoms with Gasteiger partial charge in [0, 0.05) is 24.9 Å². The van der Waals surface area contributed by atoms with Crippen LogP contribution in [0.4, 0.5) is 0 Å². The first-order chi connectivity index (χ1) is 11.2. The lowest BCUT2D eigenvalue weighted by atomic mass is 10.1. The number of hydrogen-bond donors (Lipinski definition) is 2. The Morgan fingerprint density at radius 2 is 1.96 bits per heavy atom. The third-order valence-electron chi connectivity index (χ3n) is 3.46. The fourth-order valence-electron chi connectivity index (χ4n) is 2.14. The Labute approximate surface area is 143 Å². The van der Waals surface area contributed by atoms with E-state index in [1.54, 1.807) is 11.3 Å². The lowest BCUT2D eigenvalue weighted by molar-refractivity contribution is 0.789. The standard InChI is InChI=1S/C18H26N4S/c1-4-17-22-16(13-23-17)10-11-20-18(19-5-2)21-12-15-8-6-14(3)7-9-15/h6-9,13H,4-5,10-12H2,1-3H3,(H2,19,20,21). The van der Waals surface area contributed by atoms with Crippen LogP contribution in [0.5, 0.6) is 0 Å². The number of benzene rings is 1. The minimum atomic E-state index is 0.687. The van der Waals surface area contributed by atoms with Crippen molar-refractivity contribution in [3.63, 3.8) is 0 Å². The summed E-state index contributed by atoms with van der Waals surface area (Å²) in [6.45, 7) is 8.70. The molecule has 0 spiro atoms. The van der Waals surface area contributed by atoms with E-state index in [2.05, 4.69) is 71.0 Å². The number of guanidine groups is 1. The molecule has 1 heterocycles. The van der Waals surface area contributed by atoms with Gasteiger partial charge in [-0.2, -0.15) is 0 Å². The van der Waals surface area contributed by atoms with E-state index in [4.69, 9.17) is 0 Å². The predicted octanol–water partition coefficient (Wildman–Crippen LogP) is 3.31. The second-order valence-corrected chi connectivity index (χ2v) is 6.39. The van der Waals surface area contributed by atoms with Crippen molar-refractivity contribution in [1.29, 1.82) is 0 Å². The quantitative estimate of drug-likeness (QED) is 0.605. The van der Waals surface area contributed by atoms with E-state index < -0.39 is 0 Å². The molecule has 0 atom stereocenters. The first kappa shape index (κ1) is 17.5. The van der Waals surface area contributed by atoms with E-state index in [1.807, 2.05) is 0 Å². The molecule has 1 aromatic heterocycles. The van der Waals surface area contributed by atoms with E-state index in [9.17, 15) is 0 Å². The summed E-state index contributed by atoms with van der Waals surface area (Å²) in [6, 6.07) is 8.51. The molecule has 5 heteroatoms. The topological polar surface area (TPSA) is 49.3 Å². The summed E-state index contributed by atoms with van der Waals surface area (Å²) in [5.74, 6) is 0.860. The maximum absolute atomic E-state index is 4.64. The number of rotatable bonds is 7. The molecule has 124 valence electrons. The molecule has 2 aromatic rings. The Morgan fingerprint density at radius 1 is 1.17 bits per heavy atom. The first-order valence-corrected chi connectivity index (χ1v) is 9.10. The van der Waals surface area contributed by atoms with E-state index in [0.29, 0.717) is 6.54 Å². The normalized spacial score (nSPS) is 11.5. The minimum absolute atomic E-state index is 0.687. The van der Waals surface area contributed by atoms with E-state index >= 15 is 0 Å². The van der Waals surface area contributed by atoms with Crippen molar-refractivity contribution in [3.05, 3.63) is 51.5 Å². The smallest absolute Gasteiger partial charge is 0.191 e. The van der Waals surface area contributed by atoms with Crippen LogP contribution in [0.2, 0.25) is 0 Å². The molecule has 0 radical (unpaired) electrons. The molecule has 0 aliphatic rings. The van der Waals surface area contributed by atoms with Crippen molar-refractivity contribution in [2.45, 2.75) is 40.2 Å². The van der Waals surface area contributed by atoms with E-state index in [-0.39, 0.29) is 0 Å². The zero-order chi connectivity index (χ0) is 16.5. The summed E-state index contributed by atoms with van der Waals surface area (Å²) in [5, 5.41) is 10.0. The van der Waals surface area contributed by atoms with Crippen LogP contribution in [0.25, 0.3) is 0 Å². The number of hydrogen-bond acceptors (Lipinski definition) is 3. The molecule has 23 heavy (non-hydrogen) atoms. The van der Waals surface area contributed by atoms with Gasteiger partial charge in [-0.05, 0) is 25.8 Å². The highest BCUT2D eigenvalue weighted by molar-refractivity contribution is 7.09. The maximum Gasteiger partial charge on any atom is 0.191 e. The number of aromatic nitrogens is 1. The molecule has 0 unspecified atom stereocenters. The largest absolute Gasteiger partial charge is 0.357 e. The predicted molar refractivity (Wildman–Crippen MR) is 99.2 cm³/mol. The Bertz CT molecular complexity index is 616. The van der Waals surface area contributed by atoms with Gasteiger partial charge >= 0.3 is 0 Å². The van der Waals surface area contributed by atoms with Crippen molar-refractivity contribution in [2.24, 2.45) is 4.99 Å². The van der Waals surface area contributed by atoms with Crippen LogP contribution < -0.4 is 10.6 Å². The molecule has 0 aliphatic heterocycles. The second-order valence-electron chi connectivity index (χ2n) is 5.44. The maximum atomic E-state index is 4.64. The van der Waals surface area contributed by atoms with Crippen LogP contribution in [-0.4, -0.2) is 24.0 Å². The summed E-state index contributed by atoms with van der Waals surface area (Å²) in [6.07, 6.45) is 1.93. The van der Waals surface area contributed by atoms with Crippen LogP contribution in [0, 0.1) is 6.92 Å². The minimum Gasteiger partial charge on any atom is -0.357 e. The van der Waals surface area contributed by atoms with Gasteiger partial charge in [0.05, 0.1) is 17.2 Å². The zero-order valence-electron chi connectivity index (χ0n) is 14.2. The van der Waals surface area contributed by atoms with Crippen LogP contribution in [-0.2, 0) is 19.4 Å². The lowest BCUT2D eigenvalue weighted by Crippen LogP contribution is -2.38. The number of aliphatic imine (C=N–C) groups is 1. The number of thiazole rings is 1. The third kappa shape index (κ3) is 6.02. The van der Waals surface area contributed by atoms with E-state index in [0.717, 1.165) is 37.6 Å². The summed E-state index contributed by atoms with van der Waals surface area (Å²) in [5.41, 5.74) is 3.66. The molecule has 1 aromatic carbocycles. The number of nitrogens with one attached hydrogen (secondary N) is 2. The Morgan fingerprint density at radius 3 is 2.61 bits per heavy atom. The average Bonchev–Trinajstić information content (AvgIpc) is 3.02. The van der Waals surface area contributed by atoms with Crippen molar-refractivity contribution in [2.75, 3.05) is 13.1 Å². The molecule has 2 N–H and O–H groups in total. The number of aryl methyl sites for hydroxylation is 2. The fourth-order valence-corrected chi connectivity index (χ4v) is 2.92. The molecule has 0 aliphatic carbocycles. The molecule has 0 fully saturated rings. The van der Waals surface area contributed by atoms with Crippen LogP contribution in [0.1, 0.15) is 35.7 Å². The lowest BCUT2D eigenvalue weighted by Gasteiger charge is -2.10. The highest BCUT2D eigenvalue weighted by atomic mass is 32.1. The summed E-state index contributed by atoms with van der Waals surface area (Å²) in [4.78, 5) is 9.23. The van der Waals surface area contributed by atoms with Crippen molar-refractivity contribution in [1.82, 2.24) is 15.6 Å². The van der Waals surface area contributed by atoms with Gasteiger partial charge in [0.2, 0.25) is 0 Å². The highest BCUT2D eigenvalue weighted by Crippen LogP contribution is 2.10. The van der Waals surface area contributed by atoms with Gasteiger partial charge in [-0.25, -0.2) is 9.98 Å². The second kappa shape index (κ2) is 9.30. The fraction of sp³-hybridized carbons (Fsp3) is 0.444. The Hall–Kier alpha value is -1.88. The first-order valence-electron chi connectivity index (χ1n) is 8.22. The van der Waals surface area contributed by atoms with Crippen LogP contribution >= 0.6 is 11.3 Å². The molecular weight excluding hydrogens is 304 g/mol. The van der Waals surface area contributed by atoms with Crippen LogP contribution in [0.3, 0.4) is 0 Å². The molecule has 0 bridgehead atoms. The Balaban J connectivity index is 1.84. The molecule has 0 amide bonds. The summed E-state index contributed by atoms with van der Waals surface area (Å²) >= 11 is 1.74. The van der Waals surface area contributed by atoms with Gasteiger partial charge in [0.25, 0.3) is 0 Å². The zero-order valence-corrected chi connectivity index (χ0v) is 15.0. The summed E-state index contributed by atoms with van der Waals surface area (Å²) in [7, 11) is 0. The third-order valence-corrected chi connectivity index (χ3v) is 4.50. The van der Waals surface area contributed by atoms with Gasteiger partial charge in [-0.1, -0.05) is 36.8 Å². The van der Waals surface area contributed by atoms with Gasteiger partial charge < -0.3 is 10.6 Å². The van der Waals surface area contributed by atoms with Gasteiger partial charge in [0.1, 0.15) is 0 Å². The van der Waals surface area contributed by atoms with Gasteiger partial charge in [-0.3, -0.25) is 0 Å². The van der Waals surface area contributed by atoms with Crippen molar-refractivity contribution >= 4 is 17.3 Å². The van der Waals surface area contributed by atoms with Gasteiger partial charge in [-0.15, -0.1) is 11.3 Å². The molecular formula is C18H26N4S. The van der Waals surface area contributed by atoms with E-state index in [1.165, 1.54) is 16.1 Å². The molecule has 0 saturated heterocycles. The highest BCUT2D eigenvalue weighted by Gasteiger charge is 2.02. The van der Waals surface area contributed by atoms with Crippen molar-refractivity contribution in [3.8, 4) is 0 Å². The molecule has 2 rings (SSSR count). The van der Waals surface area contributed by atoms with Crippen molar-refractivity contribution < 1.29 is 0 Å².